The first kappa shape index (κ1) is 22.7. The highest BCUT2D eigenvalue weighted by Gasteiger charge is 2.09. The third-order valence-electron chi connectivity index (χ3n) is 4.55. The third-order valence-corrected chi connectivity index (χ3v) is 4.55. The van der Waals surface area contributed by atoms with Gasteiger partial charge in [-0.15, -0.1) is 0 Å². The first-order chi connectivity index (χ1) is 15.6. The molecule has 0 aliphatic rings. The topological polar surface area (TPSA) is 83.1 Å². The van der Waals surface area contributed by atoms with Gasteiger partial charge in [0.05, 0.1) is 20.8 Å². The van der Waals surface area contributed by atoms with Crippen LogP contribution in [0.15, 0.2) is 72.8 Å². The van der Waals surface area contributed by atoms with Crippen molar-refractivity contribution in [2.75, 3.05) is 26.1 Å². The van der Waals surface area contributed by atoms with Gasteiger partial charge in [-0.2, -0.15) is 0 Å². The summed E-state index contributed by atoms with van der Waals surface area (Å²) >= 11 is 0. The Balaban J connectivity index is 1.40. The first-order valence-corrected chi connectivity index (χ1v) is 10.1. The lowest BCUT2D eigenvalue weighted by Gasteiger charge is -2.08. The second kappa shape index (κ2) is 11.4. The van der Waals surface area contributed by atoms with E-state index in [2.05, 4.69) is 5.32 Å². The number of rotatable bonds is 10. The number of ether oxygens (including phenoxy) is 4. The molecule has 0 spiro atoms. The molecule has 1 N–H and O–H groups in total. The Morgan fingerprint density at radius 3 is 1.84 bits per heavy atom. The fourth-order valence-electron chi connectivity index (χ4n) is 2.81. The molecule has 0 fully saturated rings. The molecular weight excluding hydrogens is 410 g/mol. The summed E-state index contributed by atoms with van der Waals surface area (Å²) in [6, 6.07) is 20.7. The SMILES string of the molecule is COc1ccc(NC(=O)c2ccc(OC(=O)CCCOc3ccc(OC)cc3)cc2)cc1. The summed E-state index contributed by atoms with van der Waals surface area (Å²) in [4.78, 5) is 24.4. The van der Waals surface area contributed by atoms with E-state index in [0.29, 0.717) is 41.5 Å². The number of carbonyl (C=O) groups is 2. The van der Waals surface area contributed by atoms with Crippen molar-refractivity contribution < 1.29 is 28.5 Å². The van der Waals surface area contributed by atoms with Gasteiger partial charge in [-0.3, -0.25) is 9.59 Å². The van der Waals surface area contributed by atoms with Crippen LogP contribution in [0.25, 0.3) is 0 Å². The molecule has 0 aliphatic carbocycles. The van der Waals surface area contributed by atoms with E-state index in [1.807, 2.05) is 24.3 Å². The number of nitrogens with one attached hydrogen (secondary N) is 1. The predicted molar refractivity (Wildman–Crippen MR) is 121 cm³/mol. The molecule has 0 unspecified atom stereocenters. The minimum atomic E-state index is -0.362. The molecule has 3 rings (SSSR count). The van der Waals surface area contributed by atoms with Crippen LogP contribution < -0.4 is 24.3 Å². The molecule has 32 heavy (non-hydrogen) atoms. The van der Waals surface area contributed by atoms with Gasteiger partial charge in [-0.25, -0.2) is 0 Å². The van der Waals surface area contributed by atoms with E-state index in [1.54, 1.807) is 62.8 Å². The van der Waals surface area contributed by atoms with Crippen LogP contribution in [0.5, 0.6) is 23.0 Å². The summed E-state index contributed by atoms with van der Waals surface area (Å²) in [5, 5.41) is 2.80. The Kier molecular flexibility index (Phi) is 8.09. The molecule has 0 bridgehead atoms. The van der Waals surface area contributed by atoms with Gasteiger partial charge in [-0.05, 0) is 79.2 Å². The molecule has 3 aromatic rings. The second-order valence-corrected chi connectivity index (χ2v) is 6.81. The van der Waals surface area contributed by atoms with Crippen molar-refractivity contribution in [3.63, 3.8) is 0 Å². The van der Waals surface area contributed by atoms with Gasteiger partial charge in [0.2, 0.25) is 0 Å². The molecule has 0 saturated carbocycles. The van der Waals surface area contributed by atoms with Crippen LogP contribution >= 0.6 is 0 Å². The number of esters is 1. The summed E-state index contributed by atoms with van der Waals surface area (Å²) in [5.74, 6) is 1.93. The van der Waals surface area contributed by atoms with Crippen molar-refractivity contribution in [1.82, 2.24) is 0 Å². The maximum atomic E-state index is 12.4. The average Bonchev–Trinajstić information content (AvgIpc) is 2.83. The van der Waals surface area contributed by atoms with Crippen molar-refractivity contribution >= 4 is 17.6 Å². The van der Waals surface area contributed by atoms with Crippen LogP contribution in [0.1, 0.15) is 23.2 Å². The Morgan fingerprint density at radius 2 is 1.25 bits per heavy atom. The molecule has 0 aliphatic heterocycles. The van der Waals surface area contributed by atoms with E-state index in [1.165, 1.54) is 0 Å². The molecule has 7 nitrogen and oxygen atoms in total. The molecule has 0 heterocycles. The van der Waals surface area contributed by atoms with Crippen LogP contribution in [-0.2, 0) is 4.79 Å². The zero-order valence-electron chi connectivity index (χ0n) is 18.0. The van der Waals surface area contributed by atoms with Crippen LogP contribution in [0.4, 0.5) is 5.69 Å². The maximum absolute atomic E-state index is 12.4. The molecule has 0 aromatic heterocycles. The smallest absolute Gasteiger partial charge is 0.311 e. The van der Waals surface area contributed by atoms with Crippen molar-refractivity contribution in [1.29, 1.82) is 0 Å². The van der Waals surface area contributed by atoms with Gasteiger partial charge in [0.1, 0.15) is 23.0 Å². The monoisotopic (exact) mass is 435 g/mol. The third kappa shape index (κ3) is 6.77. The van der Waals surface area contributed by atoms with Crippen molar-refractivity contribution in [2.45, 2.75) is 12.8 Å². The number of methoxy groups -OCH3 is 2. The van der Waals surface area contributed by atoms with Gasteiger partial charge < -0.3 is 24.3 Å². The minimum Gasteiger partial charge on any atom is -0.497 e. The van der Waals surface area contributed by atoms with Crippen molar-refractivity contribution in [3.8, 4) is 23.0 Å². The maximum Gasteiger partial charge on any atom is 0.311 e. The zero-order valence-corrected chi connectivity index (χ0v) is 18.0. The summed E-state index contributed by atoms with van der Waals surface area (Å²) < 4.78 is 21.1. The van der Waals surface area contributed by atoms with Gasteiger partial charge in [-0.1, -0.05) is 0 Å². The lowest BCUT2D eigenvalue weighted by atomic mass is 10.2. The van der Waals surface area contributed by atoms with Gasteiger partial charge in [0.25, 0.3) is 5.91 Å². The van der Waals surface area contributed by atoms with Crippen LogP contribution in [0, 0.1) is 0 Å². The second-order valence-electron chi connectivity index (χ2n) is 6.81. The number of hydrogen-bond acceptors (Lipinski definition) is 6. The summed E-state index contributed by atoms with van der Waals surface area (Å²) in [6.07, 6.45) is 0.739. The standard InChI is InChI=1S/C25H25NO6/c1-29-20-11-7-19(8-12-20)26-25(28)18-5-9-23(10-6-18)32-24(27)4-3-17-31-22-15-13-21(30-2)14-16-22/h5-16H,3-4,17H2,1-2H3,(H,26,28). The number of amides is 1. The number of benzene rings is 3. The predicted octanol–water partition coefficient (Wildman–Crippen LogP) is 4.72. The van der Waals surface area contributed by atoms with Crippen molar-refractivity contribution in [3.05, 3.63) is 78.4 Å². The normalized spacial score (nSPS) is 10.2. The number of anilines is 1. The molecular formula is C25H25NO6. The zero-order chi connectivity index (χ0) is 22.8. The number of carbonyl (C=O) groups excluding carboxylic acids is 2. The Bertz CT molecular complexity index is 1010. The molecule has 0 radical (unpaired) electrons. The van der Waals surface area contributed by atoms with Crippen LogP contribution in [-0.4, -0.2) is 32.7 Å². The summed E-state index contributed by atoms with van der Waals surface area (Å²) in [6.45, 7) is 0.395. The lowest BCUT2D eigenvalue weighted by molar-refractivity contribution is -0.134. The molecule has 3 aromatic carbocycles. The molecule has 0 saturated heterocycles. The van der Waals surface area contributed by atoms with E-state index >= 15 is 0 Å². The molecule has 0 atom stereocenters. The van der Waals surface area contributed by atoms with E-state index in [4.69, 9.17) is 18.9 Å². The van der Waals surface area contributed by atoms with Gasteiger partial charge in [0, 0.05) is 17.7 Å². The lowest BCUT2D eigenvalue weighted by Crippen LogP contribution is -2.12. The number of hydrogen-bond donors (Lipinski definition) is 1. The van der Waals surface area contributed by atoms with Gasteiger partial charge in [0.15, 0.2) is 0 Å². The Morgan fingerprint density at radius 1 is 0.719 bits per heavy atom. The highest BCUT2D eigenvalue weighted by Crippen LogP contribution is 2.19. The summed E-state index contributed by atoms with van der Waals surface area (Å²) in [7, 11) is 3.19. The quantitative estimate of drug-likeness (QED) is 0.282. The van der Waals surface area contributed by atoms with E-state index in [0.717, 1.165) is 5.75 Å². The fraction of sp³-hybridized carbons (Fsp3) is 0.200. The van der Waals surface area contributed by atoms with Crippen LogP contribution in [0.3, 0.4) is 0 Å². The van der Waals surface area contributed by atoms with Gasteiger partial charge >= 0.3 is 5.97 Å². The Labute approximate surface area is 186 Å². The molecule has 1 amide bonds. The molecule has 7 heteroatoms. The largest absolute Gasteiger partial charge is 0.497 e. The van der Waals surface area contributed by atoms with E-state index < -0.39 is 0 Å². The highest BCUT2D eigenvalue weighted by molar-refractivity contribution is 6.04. The molecule has 166 valence electrons. The van der Waals surface area contributed by atoms with E-state index in [-0.39, 0.29) is 18.3 Å². The summed E-state index contributed by atoms with van der Waals surface area (Å²) in [5.41, 5.74) is 1.11. The van der Waals surface area contributed by atoms with Crippen molar-refractivity contribution in [2.24, 2.45) is 0 Å². The average molecular weight is 435 g/mol. The first-order valence-electron chi connectivity index (χ1n) is 10.1. The minimum absolute atomic E-state index is 0.218. The van der Waals surface area contributed by atoms with E-state index in [9.17, 15) is 9.59 Å². The van der Waals surface area contributed by atoms with Crippen LogP contribution in [0.2, 0.25) is 0 Å². The fourth-order valence-corrected chi connectivity index (χ4v) is 2.81. The Hall–Kier alpha value is -4.00. The highest BCUT2D eigenvalue weighted by atomic mass is 16.5.